The maximum Gasteiger partial charge on any atom is 0.407 e. The van der Waals surface area contributed by atoms with Crippen LogP contribution in [0.3, 0.4) is 0 Å². The van der Waals surface area contributed by atoms with Crippen LogP contribution in [0.1, 0.15) is 23.9 Å². The predicted octanol–water partition coefficient (Wildman–Crippen LogP) is 0.971. The number of fused-ring (bicyclic) bond motifs is 4. The second-order valence-corrected chi connectivity index (χ2v) is 4.10. The third-order valence-electron chi connectivity index (χ3n) is 3.05. The minimum Gasteiger partial charge on any atom is -0.472 e. The molecule has 1 aromatic rings. The highest BCUT2D eigenvalue weighted by molar-refractivity contribution is 5.67. The van der Waals surface area contributed by atoms with Crippen molar-refractivity contribution in [1.29, 1.82) is 0 Å². The molecule has 6 heteroatoms. The van der Waals surface area contributed by atoms with Gasteiger partial charge in [-0.15, -0.1) is 0 Å². The number of hydrogen-bond acceptors (Lipinski definition) is 4. The number of ether oxygens (including phenoxy) is 1. The van der Waals surface area contributed by atoms with Crippen LogP contribution in [0.2, 0.25) is 0 Å². The van der Waals surface area contributed by atoms with Gasteiger partial charge in [0.1, 0.15) is 11.9 Å². The Kier molecular flexibility index (Phi) is 1.80. The zero-order valence-electron chi connectivity index (χ0n) is 8.75. The average Bonchev–Trinajstić information content (AvgIpc) is 2.56. The fourth-order valence-electron chi connectivity index (χ4n) is 2.33. The summed E-state index contributed by atoms with van der Waals surface area (Å²) in [6, 6.07) is -0.146. The van der Waals surface area contributed by atoms with E-state index in [2.05, 4.69) is 9.97 Å². The van der Waals surface area contributed by atoms with Crippen LogP contribution in [-0.4, -0.2) is 38.7 Å². The second kappa shape index (κ2) is 3.07. The van der Waals surface area contributed by atoms with Crippen molar-refractivity contribution in [2.45, 2.75) is 25.5 Å². The second-order valence-electron chi connectivity index (χ2n) is 4.10. The van der Waals surface area contributed by atoms with Crippen molar-refractivity contribution in [2.75, 3.05) is 6.54 Å². The van der Waals surface area contributed by atoms with Gasteiger partial charge in [-0.1, -0.05) is 0 Å². The highest BCUT2D eigenvalue weighted by Gasteiger charge is 2.43. The van der Waals surface area contributed by atoms with Crippen molar-refractivity contribution < 1.29 is 14.6 Å². The number of likely N-dealkylation sites (tertiary alicyclic amines) is 1. The lowest BCUT2D eigenvalue weighted by Gasteiger charge is -2.23. The standard InChI is InChI=1S/C10H11N3O3/c1-5-11-3-7-8-2-6(16-9(7)12-5)4-13(8)10(14)15/h3,6,8H,2,4H2,1H3,(H,14,15)/t6-,8-/m0/s1. The molecule has 3 rings (SSSR count). The van der Waals surface area contributed by atoms with E-state index in [0.29, 0.717) is 24.7 Å². The van der Waals surface area contributed by atoms with Gasteiger partial charge >= 0.3 is 6.09 Å². The number of aryl methyl sites for hydroxylation is 1. The molecule has 1 aromatic heterocycles. The van der Waals surface area contributed by atoms with Crippen LogP contribution in [0.15, 0.2) is 6.20 Å². The normalized spacial score (nSPS) is 26.2. The summed E-state index contributed by atoms with van der Waals surface area (Å²) in [6.45, 7) is 2.20. The SMILES string of the molecule is Cc1ncc2c(n1)O[C@H]1C[C@@H]2N(C(=O)O)C1. The maximum atomic E-state index is 11.1. The van der Waals surface area contributed by atoms with Crippen molar-refractivity contribution in [2.24, 2.45) is 0 Å². The van der Waals surface area contributed by atoms with Gasteiger partial charge in [0.2, 0.25) is 5.88 Å². The first-order valence-electron chi connectivity index (χ1n) is 5.15. The Bertz CT molecular complexity index is 463. The van der Waals surface area contributed by atoms with E-state index in [0.717, 1.165) is 5.56 Å². The Balaban J connectivity index is 2.05. The maximum absolute atomic E-state index is 11.1. The fraction of sp³-hybridized carbons (Fsp3) is 0.500. The third kappa shape index (κ3) is 1.22. The van der Waals surface area contributed by atoms with Crippen LogP contribution in [0.4, 0.5) is 4.79 Å². The fourth-order valence-corrected chi connectivity index (χ4v) is 2.33. The van der Waals surface area contributed by atoms with Gasteiger partial charge in [-0.05, 0) is 6.92 Å². The van der Waals surface area contributed by atoms with Crippen LogP contribution >= 0.6 is 0 Å². The molecule has 3 heterocycles. The number of hydrogen-bond donors (Lipinski definition) is 1. The summed E-state index contributed by atoms with van der Waals surface area (Å²) in [5.41, 5.74) is 0.779. The Hall–Kier alpha value is -1.85. The lowest BCUT2D eigenvalue weighted by molar-refractivity contribution is 0.139. The van der Waals surface area contributed by atoms with E-state index in [1.807, 2.05) is 0 Å². The molecular weight excluding hydrogens is 210 g/mol. The molecule has 0 unspecified atom stereocenters. The van der Waals surface area contributed by atoms with E-state index in [4.69, 9.17) is 9.84 Å². The van der Waals surface area contributed by atoms with Crippen LogP contribution in [0, 0.1) is 6.92 Å². The molecule has 1 fully saturated rings. The van der Waals surface area contributed by atoms with Crippen molar-refractivity contribution in [3.8, 4) is 5.88 Å². The van der Waals surface area contributed by atoms with Crippen molar-refractivity contribution in [3.63, 3.8) is 0 Å². The molecule has 2 aliphatic heterocycles. The molecule has 2 atom stereocenters. The molecule has 0 aromatic carbocycles. The van der Waals surface area contributed by atoms with Gasteiger partial charge in [0.05, 0.1) is 18.2 Å². The van der Waals surface area contributed by atoms with Crippen molar-refractivity contribution in [3.05, 3.63) is 17.6 Å². The number of nitrogens with zero attached hydrogens (tertiary/aromatic N) is 3. The largest absolute Gasteiger partial charge is 0.472 e. The molecule has 2 bridgehead atoms. The van der Waals surface area contributed by atoms with E-state index in [-0.39, 0.29) is 12.1 Å². The van der Waals surface area contributed by atoms with E-state index >= 15 is 0 Å². The van der Waals surface area contributed by atoms with E-state index in [9.17, 15) is 4.79 Å². The molecule has 0 aliphatic carbocycles. The van der Waals surface area contributed by atoms with E-state index < -0.39 is 6.09 Å². The summed E-state index contributed by atoms with van der Waals surface area (Å²) < 4.78 is 5.63. The zero-order valence-corrected chi connectivity index (χ0v) is 8.75. The first-order valence-corrected chi connectivity index (χ1v) is 5.15. The van der Waals surface area contributed by atoms with Gasteiger partial charge in [0.25, 0.3) is 0 Å². The zero-order chi connectivity index (χ0) is 11.3. The van der Waals surface area contributed by atoms with E-state index in [1.54, 1.807) is 13.1 Å². The van der Waals surface area contributed by atoms with Crippen LogP contribution in [-0.2, 0) is 0 Å². The molecule has 1 amide bonds. The number of amides is 1. The van der Waals surface area contributed by atoms with Gasteiger partial charge in [-0.3, -0.25) is 4.90 Å². The van der Waals surface area contributed by atoms with Crippen LogP contribution in [0.5, 0.6) is 5.88 Å². The summed E-state index contributed by atoms with van der Waals surface area (Å²) in [6.07, 6.45) is 1.39. The summed E-state index contributed by atoms with van der Waals surface area (Å²) >= 11 is 0. The number of aromatic nitrogens is 2. The topological polar surface area (TPSA) is 75.6 Å². The Morgan fingerprint density at radius 1 is 1.69 bits per heavy atom. The van der Waals surface area contributed by atoms with Gasteiger partial charge < -0.3 is 9.84 Å². The van der Waals surface area contributed by atoms with E-state index in [1.165, 1.54) is 4.90 Å². The molecule has 0 spiro atoms. The summed E-state index contributed by atoms with van der Waals surface area (Å²) in [5.74, 6) is 1.18. The highest BCUT2D eigenvalue weighted by atomic mass is 16.5. The predicted molar refractivity (Wildman–Crippen MR) is 53.3 cm³/mol. The Morgan fingerprint density at radius 2 is 2.50 bits per heavy atom. The number of carbonyl (C=O) groups is 1. The molecule has 6 nitrogen and oxygen atoms in total. The molecule has 1 saturated heterocycles. The molecule has 2 aliphatic rings. The molecule has 16 heavy (non-hydrogen) atoms. The quantitative estimate of drug-likeness (QED) is 0.706. The van der Waals surface area contributed by atoms with Crippen molar-refractivity contribution in [1.82, 2.24) is 14.9 Å². The first kappa shape index (κ1) is 9.38. The Labute approximate surface area is 91.9 Å². The van der Waals surface area contributed by atoms with Gasteiger partial charge in [0, 0.05) is 12.6 Å². The molecule has 0 radical (unpaired) electrons. The molecular formula is C10H11N3O3. The Morgan fingerprint density at radius 3 is 3.25 bits per heavy atom. The minimum absolute atomic E-state index is 0.0668. The smallest absolute Gasteiger partial charge is 0.407 e. The highest BCUT2D eigenvalue weighted by Crippen LogP contribution is 2.41. The lowest BCUT2D eigenvalue weighted by atomic mass is 10.0. The van der Waals surface area contributed by atoms with Gasteiger partial charge in [-0.25, -0.2) is 9.78 Å². The number of carboxylic acid groups (broad SMARTS) is 1. The van der Waals surface area contributed by atoms with Crippen molar-refractivity contribution >= 4 is 6.09 Å². The third-order valence-corrected chi connectivity index (χ3v) is 3.05. The lowest BCUT2D eigenvalue weighted by Crippen LogP contribution is -2.29. The summed E-state index contributed by atoms with van der Waals surface area (Å²) in [4.78, 5) is 20.7. The van der Waals surface area contributed by atoms with Gasteiger partial charge in [-0.2, -0.15) is 4.98 Å². The first-order chi connectivity index (χ1) is 7.65. The minimum atomic E-state index is -0.912. The summed E-state index contributed by atoms with van der Waals surface area (Å²) in [7, 11) is 0. The average molecular weight is 221 g/mol. The van der Waals surface area contributed by atoms with Crippen LogP contribution < -0.4 is 4.74 Å². The molecule has 1 N–H and O–H groups in total. The number of rotatable bonds is 0. The van der Waals surface area contributed by atoms with Gasteiger partial charge in [0.15, 0.2) is 0 Å². The summed E-state index contributed by atoms with van der Waals surface area (Å²) in [5, 5.41) is 9.07. The molecule has 84 valence electrons. The molecule has 0 saturated carbocycles. The van der Waals surface area contributed by atoms with Crippen LogP contribution in [0.25, 0.3) is 0 Å². The monoisotopic (exact) mass is 221 g/mol.